The molecule has 2 rings (SSSR count). The first-order valence-electron chi connectivity index (χ1n) is 9.92. The predicted molar refractivity (Wildman–Crippen MR) is 105 cm³/mol. The molecule has 2 nitrogen and oxygen atoms in total. The fourth-order valence-corrected chi connectivity index (χ4v) is 4.06. The van der Waals surface area contributed by atoms with Crippen molar-refractivity contribution in [3.8, 4) is 0 Å². The molecular weight excluding hydrogens is 292 g/mol. The SMILES string of the molecule is CCCCc1ccc(C(C)(NC2CCC(C)CC2)N(C)C)c(C)c1. The van der Waals surface area contributed by atoms with Crippen LogP contribution in [0.5, 0.6) is 0 Å². The molecule has 1 saturated carbocycles. The Morgan fingerprint density at radius 2 is 1.83 bits per heavy atom. The van der Waals surface area contributed by atoms with E-state index in [1.807, 2.05) is 0 Å². The van der Waals surface area contributed by atoms with Crippen LogP contribution in [-0.4, -0.2) is 25.0 Å². The van der Waals surface area contributed by atoms with Gasteiger partial charge in [0, 0.05) is 6.04 Å². The summed E-state index contributed by atoms with van der Waals surface area (Å²) in [6.07, 6.45) is 9.06. The van der Waals surface area contributed by atoms with Gasteiger partial charge in [-0.15, -0.1) is 0 Å². The Labute approximate surface area is 150 Å². The van der Waals surface area contributed by atoms with Gasteiger partial charge >= 0.3 is 0 Å². The van der Waals surface area contributed by atoms with Gasteiger partial charge in [-0.2, -0.15) is 0 Å². The highest BCUT2D eigenvalue weighted by Gasteiger charge is 2.33. The minimum absolute atomic E-state index is 0.0986. The predicted octanol–water partition coefficient (Wildman–Crippen LogP) is 5.24. The lowest BCUT2D eigenvalue weighted by Crippen LogP contribution is -2.55. The van der Waals surface area contributed by atoms with Crippen molar-refractivity contribution in [2.45, 2.75) is 84.3 Å². The molecule has 1 aromatic carbocycles. The number of aryl methyl sites for hydroxylation is 2. The molecule has 0 aliphatic heterocycles. The lowest BCUT2D eigenvalue weighted by atomic mass is 9.85. The quantitative estimate of drug-likeness (QED) is 0.688. The van der Waals surface area contributed by atoms with Crippen molar-refractivity contribution < 1.29 is 0 Å². The molecule has 0 radical (unpaired) electrons. The van der Waals surface area contributed by atoms with Crippen molar-refractivity contribution in [2.24, 2.45) is 5.92 Å². The standard InChI is InChI=1S/C22H38N2/c1-7-8-9-19-12-15-21(18(3)16-19)22(4,24(5)6)23-20-13-10-17(2)11-14-20/h12,15-17,20,23H,7-11,13-14H2,1-6H3. The van der Waals surface area contributed by atoms with E-state index in [4.69, 9.17) is 0 Å². The highest BCUT2D eigenvalue weighted by atomic mass is 15.3. The minimum atomic E-state index is -0.0986. The fraction of sp³-hybridized carbons (Fsp3) is 0.727. The van der Waals surface area contributed by atoms with Crippen LogP contribution in [0, 0.1) is 12.8 Å². The van der Waals surface area contributed by atoms with Gasteiger partial charge in [0.25, 0.3) is 0 Å². The second kappa shape index (κ2) is 8.49. The Morgan fingerprint density at radius 1 is 1.17 bits per heavy atom. The molecule has 0 bridgehead atoms. The summed E-state index contributed by atoms with van der Waals surface area (Å²) in [7, 11) is 4.39. The smallest absolute Gasteiger partial charge is 0.0945 e. The molecule has 24 heavy (non-hydrogen) atoms. The number of rotatable bonds is 7. The van der Waals surface area contributed by atoms with Crippen molar-refractivity contribution in [1.82, 2.24) is 10.2 Å². The average Bonchev–Trinajstić information content (AvgIpc) is 2.54. The summed E-state index contributed by atoms with van der Waals surface area (Å²) in [4.78, 5) is 2.35. The van der Waals surface area contributed by atoms with E-state index in [1.54, 1.807) is 0 Å². The summed E-state index contributed by atoms with van der Waals surface area (Å²) in [5, 5.41) is 4.00. The van der Waals surface area contributed by atoms with Crippen LogP contribution in [0.3, 0.4) is 0 Å². The maximum Gasteiger partial charge on any atom is 0.0945 e. The highest BCUT2D eigenvalue weighted by Crippen LogP contribution is 2.31. The molecule has 0 aromatic heterocycles. The molecule has 0 spiro atoms. The van der Waals surface area contributed by atoms with Crippen LogP contribution in [-0.2, 0) is 12.1 Å². The van der Waals surface area contributed by atoms with E-state index < -0.39 is 0 Å². The fourth-order valence-electron chi connectivity index (χ4n) is 4.06. The van der Waals surface area contributed by atoms with Gasteiger partial charge in [0.2, 0.25) is 0 Å². The van der Waals surface area contributed by atoms with E-state index in [9.17, 15) is 0 Å². The average molecular weight is 331 g/mol. The van der Waals surface area contributed by atoms with Crippen molar-refractivity contribution in [2.75, 3.05) is 14.1 Å². The molecule has 1 atom stereocenters. The van der Waals surface area contributed by atoms with Crippen molar-refractivity contribution in [1.29, 1.82) is 0 Å². The molecule has 1 N–H and O–H groups in total. The molecule has 2 heteroatoms. The number of hydrogen-bond donors (Lipinski definition) is 1. The zero-order valence-corrected chi connectivity index (χ0v) is 16.8. The van der Waals surface area contributed by atoms with Crippen molar-refractivity contribution in [3.05, 3.63) is 34.9 Å². The highest BCUT2D eigenvalue weighted by molar-refractivity contribution is 5.36. The molecule has 1 aliphatic rings. The summed E-state index contributed by atoms with van der Waals surface area (Å²) >= 11 is 0. The van der Waals surface area contributed by atoms with Gasteiger partial charge in [-0.3, -0.25) is 10.2 Å². The Bertz CT molecular complexity index is 515. The molecule has 1 aliphatic carbocycles. The third-order valence-electron chi connectivity index (χ3n) is 6.03. The van der Waals surface area contributed by atoms with Crippen LogP contribution < -0.4 is 5.32 Å². The minimum Gasteiger partial charge on any atom is -0.293 e. The third kappa shape index (κ3) is 4.61. The molecule has 0 saturated heterocycles. The molecule has 1 aromatic rings. The number of nitrogens with one attached hydrogen (secondary N) is 1. The van der Waals surface area contributed by atoms with Gasteiger partial charge < -0.3 is 0 Å². The lowest BCUT2D eigenvalue weighted by molar-refractivity contribution is 0.0953. The summed E-state index contributed by atoms with van der Waals surface area (Å²) in [5.74, 6) is 0.897. The van der Waals surface area contributed by atoms with E-state index in [1.165, 1.54) is 61.6 Å². The zero-order chi connectivity index (χ0) is 17.7. The summed E-state index contributed by atoms with van der Waals surface area (Å²) in [5.41, 5.74) is 4.21. The van der Waals surface area contributed by atoms with E-state index >= 15 is 0 Å². The molecule has 0 amide bonds. The van der Waals surface area contributed by atoms with Crippen LogP contribution in [0.2, 0.25) is 0 Å². The number of nitrogens with zero attached hydrogens (tertiary/aromatic N) is 1. The first kappa shape index (κ1) is 19.5. The van der Waals surface area contributed by atoms with Crippen LogP contribution in [0.1, 0.15) is 76.0 Å². The van der Waals surface area contributed by atoms with Gasteiger partial charge in [0.1, 0.15) is 0 Å². The second-order valence-corrected chi connectivity index (χ2v) is 8.32. The summed E-state index contributed by atoms with van der Waals surface area (Å²) < 4.78 is 0. The van der Waals surface area contributed by atoms with E-state index in [0.717, 1.165) is 5.92 Å². The Morgan fingerprint density at radius 3 is 2.38 bits per heavy atom. The van der Waals surface area contributed by atoms with Gasteiger partial charge in [-0.1, -0.05) is 38.5 Å². The monoisotopic (exact) mass is 330 g/mol. The van der Waals surface area contributed by atoms with Gasteiger partial charge in [0.15, 0.2) is 0 Å². The number of benzene rings is 1. The van der Waals surface area contributed by atoms with E-state index in [2.05, 4.69) is 70.2 Å². The third-order valence-corrected chi connectivity index (χ3v) is 6.03. The van der Waals surface area contributed by atoms with Crippen LogP contribution in [0.25, 0.3) is 0 Å². The Balaban J connectivity index is 2.19. The van der Waals surface area contributed by atoms with Crippen LogP contribution in [0.15, 0.2) is 18.2 Å². The maximum absolute atomic E-state index is 4.00. The largest absolute Gasteiger partial charge is 0.293 e. The number of hydrogen-bond acceptors (Lipinski definition) is 2. The first-order valence-corrected chi connectivity index (χ1v) is 9.92. The molecular formula is C22H38N2. The van der Waals surface area contributed by atoms with Crippen LogP contribution in [0.4, 0.5) is 0 Å². The molecule has 1 fully saturated rings. The van der Waals surface area contributed by atoms with Gasteiger partial charge in [-0.25, -0.2) is 0 Å². The normalized spacial score (nSPS) is 24.1. The van der Waals surface area contributed by atoms with Crippen molar-refractivity contribution >= 4 is 0 Å². The Hall–Kier alpha value is -0.860. The topological polar surface area (TPSA) is 15.3 Å². The number of unbranched alkanes of at least 4 members (excludes halogenated alkanes) is 1. The molecule has 0 heterocycles. The first-order chi connectivity index (χ1) is 11.4. The van der Waals surface area contributed by atoms with Gasteiger partial charge in [0.05, 0.1) is 5.66 Å². The Kier molecular flexibility index (Phi) is 6.88. The van der Waals surface area contributed by atoms with Crippen LogP contribution >= 0.6 is 0 Å². The van der Waals surface area contributed by atoms with Gasteiger partial charge in [-0.05, 0) is 89.1 Å². The molecule has 1 unspecified atom stereocenters. The van der Waals surface area contributed by atoms with E-state index in [0.29, 0.717) is 6.04 Å². The lowest BCUT2D eigenvalue weighted by Gasteiger charge is -2.43. The maximum atomic E-state index is 4.00. The second-order valence-electron chi connectivity index (χ2n) is 8.32. The van der Waals surface area contributed by atoms with E-state index in [-0.39, 0.29) is 5.66 Å². The van der Waals surface area contributed by atoms with Crippen molar-refractivity contribution in [3.63, 3.8) is 0 Å². The zero-order valence-electron chi connectivity index (χ0n) is 16.8. The summed E-state index contributed by atoms with van der Waals surface area (Å²) in [6.45, 7) is 9.27. The molecule has 136 valence electrons. The summed E-state index contributed by atoms with van der Waals surface area (Å²) in [6, 6.07) is 7.73.